The van der Waals surface area contributed by atoms with Gasteiger partial charge in [-0.2, -0.15) is 11.3 Å². The van der Waals surface area contributed by atoms with Gasteiger partial charge >= 0.3 is 0 Å². The molecule has 0 aliphatic carbocycles. The van der Waals surface area contributed by atoms with Gasteiger partial charge in [0.2, 0.25) is 0 Å². The molecule has 2 aromatic rings. The Morgan fingerprint density at radius 1 is 1.00 bits per heavy atom. The number of nitrogens with one attached hydrogen (secondary N) is 1. The Morgan fingerprint density at radius 3 is 2.57 bits per heavy atom. The average Bonchev–Trinajstić information content (AvgIpc) is 3.27. The molecule has 0 bridgehead atoms. The van der Waals surface area contributed by atoms with E-state index in [1.807, 2.05) is 11.3 Å². The minimum absolute atomic E-state index is 0.716. The van der Waals surface area contributed by atoms with Crippen LogP contribution in [0.5, 0.6) is 0 Å². The summed E-state index contributed by atoms with van der Waals surface area (Å²) in [6, 6.07) is 13.4. The van der Waals surface area contributed by atoms with Crippen LogP contribution in [-0.2, 0) is 0 Å². The monoisotopic (exact) mass is 326 g/mol. The zero-order valence-electron chi connectivity index (χ0n) is 13.7. The predicted molar refractivity (Wildman–Crippen MR) is 98.3 cm³/mol. The van der Waals surface area contributed by atoms with Crippen molar-refractivity contribution in [1.29, 1.82) is 0 Å². The molecule has 3 heteroatoms. The largest absolute Gasteiger partial charge is 0.316 e. The fourth-order valence-corrected chi connectivity index (χ4v) is 5.03. The van der Waals surface area contributed by atoms with Crippen LogP contribution in [0.15, 0.2) is 47.2 Å². The van der Waals surface area contributed by atoms with Crippen molar-refractivity contribution in [2.75, 3.05) is 32.7 Å². The van der Waals surface area contributed by atoms with E-state index >= 15 is 0 Å². The summed E-state index contributed by atoms with van der Waals surface area (Å²) in [4.78, 5) is 2.70. The Labute approximate surface area is 143 Å². The zero-order chi connectivity index (χ0) is 15.5. The molecule has 1 N–H and O–H groups in total. The molecule has 2 nitrogen and oxygen atoms in total. The molecule has 1 aromatic carbocycles. The Kier molecular flexibility index (Phi) is 4.79. The third-order valence-electron chi connectivity index (χ3n) is 5.66. The van der Waals surface area contributed by atoms with Crippen molar-refractivity contribution >= 4 is 11.3 Å². The van der Waals surface area contributed by atoms with Gasteiger partial charge in [0.25, 0.3) is 0 Å². The van der Waals surface area contributed by atoms with Crippen LogP contribution < -0.4 is 5.32 Å². The van der Waals surface area contributed by atoms with Crippen molar-refractivity contribution in [3.05, 3.63) is 58.3 Å². The van der Waals surface area contributed by atoms with Crippen molar-refractivity contribution in [2.45, 2.75) is 24.7 Å². The molecule has 4 rings (SSSR count). The number of hydrogen-bond donors (Lipinski definition) is 1. The van der Waals surface area contributed by atoms with Gasteiger partial charge in [0, 0.05) is 19.0 Å². The zero-order valence-corrected chi connectivity index (χ0v) is 14.5. The number of piperidine rings is 1. The first-order chi connectivity index (χ1) is 11.4. The van der Waals surface area contributed by atoms with Crippen molar-refractivity contribution < 1.29 is 0 Å². The van der Waals surface area contributed by atoms with E-state index in [4.69, 9.17) is 0 Å². The molecule has 122 valence electrons. The summed E-state index contributed by atoms with van der Waals surface area (Å²) in [6.45, 7) is 6.11. The summed E-state index contributed by atoms with van der Waals surface area (Å²) in [7, 11) is 0. The Hall–Kier alpha value is -1.16. The van der Waals surface area contributed by atoms with Crippen LogP contribution in [0.4, 0.5) is 0 Å². The number of benzene rings is 1. The van der Waals surface area contributed by atoms with Crippen molar-refractivity contribution in [3.63, 3.8) is 0 Å². The SMILES string of the molecule is c1ccc(C2CCN(CC3CNCC3c3ccsc3)CC2)cc1. The van der Waals surface area contributed by atoms with Crippen LogP contribution in [-0.4, -0.2) is 37.6 Å². The molecule has 3 heterocycles. The van der Waals surface area contributed by atoms with Crippen LogP contribution in [0.2, 0.25) is 0 Å². The molecule has 0 spiro atoms. The molecule has 2 saturated heterocycles. The lowest BCUT2D eigenvalue weighted by molar-refractivity contribution is 0.182. The Bertz CT molecular complexity index is 587. The summed E-state index contributed by atoms with van der Waals surface area (Å²) in [5.74, 6) is 2.26. The standard InChI is InChI=1S/C20H26N2S/c1-2-4-16(5-3-1)17-6-9-22(10-7-17)14-19-12-21-13-20(19)18-8-11-23-15-18/h1-5,8,11,15,17,19-21H,6-7,9-10,12-14H2. The highest BCUT2D eigenvalue weighted by Gasteiger charge is 2.31. The molecular weight excluding hydrogens is 300 g/mol. The topological polar surface area (TPSA) is 15.3 Å². The van der Waals surface area contributed by atoms with Crippen molar-refractivity contribution in [1.82, 2.24) is 10.2 Å². The van der Waals surface area contributed by atoms with Crippen LogP contribution in [0.25, 0.3) is 0 Å². The van der Waals surface area contributed by atoms with Crippen LogP contribution >= 0.6 is 11.3 Å². The molecule has 2 atom stereocenters. The van der Waals surface area contributed by atoms with Gasteiger partial charge < -0.3 is 10.2 Å². The second-order valence-corrected chi connectivity index (χ2v) is 7.85. The molecule has 0 radical (unpaired) electrons. The molecular formula is C20H26N2S. The summed E-state index contributed by atoms with van der Waals surface area (Å²) in [5.41, 5.74) is 3.08. The van der Waals surface area contributed by atoms with E-state index in [0.717, 1.165) is 18.4 Å². The molecule has 1 aromatic heterocycles. The van der Waals surface area contributed by atoms with Gasteiger partial charge in [-0.3, -0.25) is 0 Å². The highest BCUT2D eigenvalue weighted by molar-refractivity contribution is 7.07. The second kappa shape index (κ2) is 7.16. The second-order valence-electron chi connectivity index (χ2n) is 7.07. The summed E-state index contributed by atoms with van der Waals surface area (Å²) in [6.07, 6.45) is 2.63. The minimum Gasteiger partial charge on any atom is -0.316 e. The van der Waals surface area contributed by atoms with Gasteiger partial charge in [-0.15, -0.1) is 0 Å². The van der Waals surface area contributed by atoms with E-state index in [0.29, 0.717) is 5.92 Å². The first-order valence-corrected chi connectivity index (χ1v) is 9.84. The average molecular weight is 327 g/mol. The fraction of sp³-hybridized carbons (Fsp3) is 0.500. The first kappa shape index (κ1) is 15.4. The number of nitrogens with zero attached hydrogens (tertiary/aromatic N) is 1. The number of likely N-dealkylation sites (tertiary alicyclic amines) is 1. The van der Waals surface area contributed by atoms with Gasteiger partial charge in [-0.25, -0.2) is 0 Å². The van der Waals surface area contributed by atoms with Gasteiger partial charge in [0.15, 0.2) is 0 Å². The third kappa shape index (κ3) is 3.52. The Balaban J connectivity index is 1.33. The maximum Gasteiger partial charge on any atom is 0.00282 e. The third-order valence-corrected chi connectivity index (χ3v) is 6.36. The van der Waals surface area contributed by atoms with E-state index < -0.39 is 0 Å². The van der Waals surface area contributed by atoms with Crippen molar-refractivity contribution in [2.24, 2.45) is 5.92 Å². The van der Waals surface area contributed by atoms with Crippen LogP contribution in [0.1, 0.15) is 35.8 Å². The summed E-state index contributed by atoms with van der Waals surface area (Å²) >= 11 is 1.83. The van der Waals surface area contributed by atoms with E-state index in [9.17, 15) is 0 Å². The number of rotatable bonds is 4. The lowest BCUT2D eigenvalue weighted by Crippen LogP contribution is -2.38. The van der Waals surface area contributed by atoms with Crippen LogP contribution in [0, 0.1) is 5.92 Å². The quantitative estimate of drug-likeness (QED) is 0.916. The lowest BCUT2D eigenvalue weighted by atomic mass is 9.87. The molecule has 23 heavy (non-hydrogen) atoms. The fourth-order valence-electron chi connectivity index (χ4n) is 4.31. The van der Waals surface area contributed by atoms with E-state index in [-0.39, 0.29) is 0 Å². The maximum atomic E-state index is 3.61. The molecule has 2 aliphatic heterocycles. The number of thiophene rings is 1. The van der Waals surface area contributed by atoms with Gasteiger partial charge in [0.1, 0.15) is 0 Å². The lowest BCUT2D eigenvalue weighted by Gasteiger charge is -2.34. The molecule has 0 saturated carbocycles. The number of hydrogen-bond acceptors (Lipinski definition) is 3. The van der Waals surface area contributed by atoms with Gasteiger partial charge in [-0.05, 0) is 72.3 Å². The van der Waals surface area contributed by atoms with E-state index in [2.05, 4.69) is 57.4 Å². The molecule has 2 unspecified atom stereocenters. The molecule has 2 fully saturated rings. The van der Waals surface area contributed by atoms with Gasteiger partial charge in [0.05, 0.1) is 0 Å². The van der Waals surface area contributed by atoms with Gasteiger partial charge in [-0.1, -0.05) is 30.3 Å². The summed E-state index contributed by atoms with van der Waals surface area (Å²) in [5, 5.41) is 8.17. The molecule has 0 amide bonds. The van der Waals surface area contributed by atoms with Crippen LogP contribution in [0.3, 0.4) is 0 Å². The minimum atomic E-state index is 0.716. The maximum absolute atomic E-state index is 3.61. The van der Waals surface area contributed by atoms with E-state index in [1.54, 1.807) is 5.56 Å². The van der Waals surface area contributed by atoms with E-state index in [1.165, 1.54) is 44.6 Å². The summed E-state index contributed by atoms with van der Waals surface area (Å²) < 4.78 is 0. The smallest absolute Gasteiger partial charge is 0.00282 e. The highest BCUT2D eigenvalue weighted by atomic mass is 32.1. The Morgan fingerprint density at radius 2 is 1.83 bits per heavy atom. The highest BCUT2D eigenvalue weighted by Crippen LogP contribution is 2.32. The first-order valence-electron chi connectivity index (χ1n) is 8.90. The molecule has 2 aliphatic rings. The van der Waals surface area contributed by atoms with Crippen molar-refractivity contribution in [3.8, 4) is 0 Å². The normalized spacial score (nSPS) is 26.6. The predicted octanol–water partition coefficient (Wildman–Crippen LogP) is 3.93.